The Labute approximate surface area is 124 Å². The van der Waals surface area contributed by atoms with E-state index in [-0.39, 0.29) is 24.9 Å². The predicted molar refractivity (Wildman–Crippen MR) is 77.0 cm³/mol. The van der Waals surface area contributed by atoms with Crippen molar-refractivity contribution >= 4 is 17.9 Å². The molecule has 0 fully saturated rings. The second-order valence-corrected chi connectivity index (χ2v) is 5.05. The van der Waals surface area contributed by atoms with Crippen LogP contribution in [0.2, 0.25) is 0 Å². The number of hydrogen-bond donors (Lipinski definition) is 3. The first-order valence-electron chi connectivity index (χ1n) is 6.80. The van der Waals surface area contributed by atoms with Gasteiger partial charge in [-0.1, -0.05) is 0 Å². The first-order chi connectivity index (χ1) is 9.77. The number of rotatable bonds is 9. The van der Waals surface area contributed by atoms with E-state index in [0.29, 0.717) is 13.0 Å². The summed E-state index contributed by atoms with van der Waals surface area (Å²) in [5.41, 5.74) is 0. The number of urea groups is 1. The highest BCUT2D eigenvalue weighted by Crippen LogP contribution is 1.99. The molecule has 8 nitrogen and oxygen atoms in total. The highest BCUT2D eigenvalue weighted by Gasteiger charge is 2.22. The van der Waals surface area contributed by atoms with Crippen LogP contribution in [-0.4, -0.2) is 67.3 Å². The molecule has 8 heteroatoms. The Balaban J connectivity index is 4.33. The van der Waals surface area contributed by atoms with Gasteiger partial charge >= 0.3 is 12.0 Å². The smallest absolute Gasteiger partial charge is 0.326 e. The molecule has 0 saturated heterocycles. The number of carboxylic acid groups (broad SMARTS) is 1. The van der Waals surface area contributed by atoms with Crippen LogP contribution in [0.4, 0.5) is 4.79 Å². The lowest BCUT2D eigenvalue weighted by Crippen LogP contribution is -2.49. The van der Waals surface area contributed by atoms with Gasteiger partial charge in [-0.25, -0.2) is 9.59 Å². The van der Waals surface area contributed by atoms with Crippen molar-refractivity contribution < 1.29 is 24.2 Å². The molecule has 0 saturated carbocycles. The topological polar surface area (TPSA) is 108 Å². The van der Waals surface area contributed by atoms with Gasteiger partial charge in [0.2, 0.25) is 5.91 Å². The number of hydrogen-bond acceptors (Lipinski definition) is 4. The van der Waals surface area contributed by atoms with Crippen LogP contribution in [0, 0.1) is 0 Å². The number of methoxy groups -OCH3 is 1. The Hall–Kier alpha value is -1.83. The van der Waals surface area contributed by atoms with Gasteiger partial charge in [0.1, 0.15) is 12.6 Å². The standard InChI is InChI=1S/C13H25N3O5/c1-9(2)14-11(17)8-16(3)13(20)15-10(12(18)19)6-5-7-21-4/h9-10H,5-8H2,1-4H3,(H,14,17)(H,15,20)(H,18,19). The van der Waals surface area contributed by atoms with E-state index >= 15 is 0 Å². The van der Waals surface area contributed by atoms with Gasteiger partial charge in [-0.3, -0.25) is 4.79 Å². The number of ether oxygens (including phenoxy) is 1. The van der Waals surface area contributed by atoms with E-state index in [1.54, 1.807) is 0 Å². The Bertz CT molecular complexity index is 360. The van der Waals surface area contributed by atoms with E-state index in [9.17, 15) is 14.4 Å². The molecule has 1 unspecified atom stereocenters. The summed E-state index contributed by atoms with van der Waals surface area (Å²) in [6.07, 6.45) is 0.784. The molecular weight excluding hydrogens is 278 g/mol. The third-order valence-electron chi connectivity index (χ3n) is 2.61. The summed E-state index contributed by atoms with van der Waals surface area (Å²) in [6.45, 7) is 3.92. The lowest BCUT2D eigenvalue weighted by Gasteiger charge is -2.21. The zero-order valence-corrected chi connectivity index (χ0v) is 13.0. The maximum Gasteiger partial charge on any atom is 0.326 e. The van der Waals surface area contributed by atoms with Crippen molar-refractivity contribution in [3.8, 4) is 0 Å². The quantitative estimate of drug-likeness (QED) is 0.521. The van der Waals surface area contributed by atoms with Crippen molar-refractivity contribution in [2.24, 2.45) is 0 Å². The maximum absolute atomic E-state index is 11.9. The number of amides is 3. The summed E-state index contributed by atoms with van der Waals surface area (Å²) in [6, 6.07) is -1.61. The van der Waals surface area contributed by atoms with Crippen LogP contribution < -0.4 is 10.6 Å². The van der Waals surface area contributed by atoms with Crippen molar-refractivity contribution in [1.29, 1.82) is 0 Å². The van der Waals surface area contributed by atoms with E-state index in [4.69, 9.17) is 9.84 Å². The Morgan fingerprint density at radius 3 is 2.33 bits per heavy atom. The number of nitrogens with one attached hydrogen (secondary N) is 2. The van der Waals surface area contributed by atoms with Crippen LogP contribution in [0.1, 0.15) is 26.7 Å². The van der Waals surface area contributed by atoms with Crippen LogP contribution in [-0.2, 0) is 14.3 Å². The summed E-state index contributed by atoms with van der Waals surface area (Å²) < 4.78 is 4.84. The molecule has 21 heavy (non-hydrogen) atoms. The van der Waals surface area contributed by atoms with Crippen molar-refractivity contribution in [3.05, 3.63) is 0 Å². The van der Waals surface area contributed by atoms with Crippen molar-refractivity contribution in [2.75, 3.05) is 27.3 Å². The van der Waals surface area contributed by atoms with E-state index in [2.05, 4.69) is 10.6 Å². The molecule has 3 amide bonds. The SMILES string of the molecule is COCCCC(NC(=O)N(C)CC(=O)NC(C)C)C(=O)O. The summed E-state index contributed by atoms with van der Waals surface area (Å²) in [7, 11) is 2.96. The van der Waals surface area contributed by atoms with E-state index in [1.165, 1.54) is 14.2 Å². The third-order valence-corrected chi connectivity index (χ3v) is 2.61. The van der Waals surface area contributed by atoms with Crippen LogP contribution in [0.5, 0.6) is 0 Å². The van der Waals surface area contributed by atoms with Gasteiger partial charge in [0.15, 0.2) is 0 Å². The molecule has 0 radical (unpaired) electrons. The number of aliphatic carboxylic acids is 1. The van der Waals surface area contributed by atoms with Gasteiger partial charge in [-0.15, -0.1) is 0 Å². The zero-order chi connectivity index (χ0) is 16.4. The van der Waals surface area contributed by atoms with Crippen molar-refractivity contribution in [1.82, 2.24) is 15.5 Å². The number of carbonyl (C=O) groups is 3. The molecule has 0 aliphatic carbocycles. The summed E-state index contributed by atoms with van der Waals surface area (Å²) in [5.74, 6) is -1.41. The van der Waals surface area contributed by atoms with E-state index in [0.717, 1.165) is 4.90 Å². The molecule has 1 atom stereocenters. The fourth-order valence-electron chi connectivity index (χ4n) is 1.60. The first-order valence-corrected chi connectivity index (χ1v) is 6.80. The molecule has 0 aromatic heterocycles. The number of carboxylic acids is 1. The molecule has 0 aliphatic heterocycles. The van der Waals surface area contributed by atoms with Crippen LogP contribution in [0.25, 0.3) is 0 Å². The van der Waals surface area contributed by atoms with Gasteiger partial charge in [0.05, 0.1) is 0 Å². The van der Waals surface area contributed by atoms with Gasteiger partial charge in [-0.2, -0.15) is 0 Å². The fourth-order valence-corrected chi connectivity index (χ4v) is 1.60. The monoisotopic (exact) mass is 303 g/mol. The largest absolute Gasteiger partial charge is 0.480 e. The van der Waals surface area contributed by atoms with Crippen molar-refractivity contribution in [2.45, 2.75) is 38.8 Å². The summed E-state index contributed by atoms with van der Waals surface area (Å²) in [5, 5.41) is 14.1. The number of carbonyl (C=O) groups excluding carboxylic acids is 2. The van der Waals surface area contributed by atoms with E-state index < -0.39 is 18.0 Å². The third kappa shape index (κ3) is 8.85. The lowest BCUT2D eigenvalue weighted by atomic mass is 10.1. The number of nitrogens with zero attached hydrogens (tertiary/aromatic N) is 1. The zero-order valence-electron chi connectivity index (χ0n) is 13.0. The molecule has 0 rings (SSSR count). The second kappa shape index (κ2) is 9.98. The molecule has 0 bridgehead atoms. The van der Waals surface area contributed by atoms with Crippen LogP contribution in [0.15, 0.2) is 0 Å². The minimum Gasteiger partial charge on any atom is -0.480 e. The molecule has 0 aliphatic rings. The molecule has 0 heterocycles. The Kier molecular flexibility index (Phi) is 9.11. The van der Waals surface area contributed by atoms with Crippen molar-refractivity contribution in [3.63, 3.8) is 0 Å². The Morgan fingerprint density at radius 2 is 1.86 bits per heavy atom. The molecule has 3 N–H and O–H groups in total. The van der Waals surface area contributed by atoms with Gasteiger partial charge < -0.3 is 25.4 Å². The summed E-state index contributed by atoms with van der Waals surface area (Å²) in [4.78, 5) is 35.6. The molecular formula is C13H25N3O5. The molecule has 0 aromatic carbocycles. The highest BCUT2D eigenvalue weighted by molar-refractivity contribution is 5.86. The van der Waals surface area contributed by atoms with Gasteiger partial charge in [-0.05, 0) is 26.7 Å². The lowest BCUT2D eigenvalue weighted by molar-refractivity contribution is -0.139. The van der Waals surface area contributed by atoms with Crippen LogP contribution >= 0.6 is 0 Å². The Morgan fingerprint density at radius 1 is 1.24 bits per heavy atom. The van der Waals surface area contributed by atoms with Gasteiger partial charge in [0, 0.05) is 26.8 Å². The van der Waals surface area contributed by atoms with Gasteiger partial charge in [0.25, 0.3) is 0 Å². The minimum atomic E-state index is -1.11. The normalized spacial score (nSPS) is 11.9. The molecule has 0 aromatic rings. The maximum atomic E-state index is 11.9. The second-order valence-electron chi connectivity index (χ2n) is 5.05. The fraction of sp³-hybridized carbons (Fsp3) is 0.769. The van der Waals surface area contributed by atoms with E-state index in [1.807, 2.05) is 13.8 Å². The average molecular weight is 303 g/mol. The number of likely N-dealkylation sites (N-methyl/N-ethyl adjacent to an activating group) is 1. The predicted octanol–water partition coefficient (Wildman–Crippen LogP) is 0.0322. The average Bonchev–Trinajstić information content (AvgIpc) is 2.36. The molecule has 122 valence electrons. The summed E-state index contributed by atoms with van der Waals surface area (Å²) >= 11 is 0. The molecule has 0 spiro atoms. The highest BCUT2D eigenvalue weighted by atomic mass is 16.5. The first kappa shape index (κ1) is 19.2. The minimum absolute atomic E-state index is 0.0187. The van der Waals surface area contributed by atoms with Crippen LogP contribution in [0.3, 0.4) is 0 Å².